The molecular formula is C15H18N2O2. The zero-order chi connectivity index (χ0) is 13.5. The van der Waals surface area contributed by atoms with Crippen molar-refractivity contribution in [2.24, 2.45) is 0 Å². The lowest BCUT2D eigenvalue weighted by atomic mass is 10.3. The fraction of sp³-hybridized carbons (Fsp3) is 0.267. The average molecular weight is 258 g/mol. The summed E-state index contributed by atoms with van der Waals surface area (Å²) >= 11 is 0. The van der Waals surface area contributed by atoms with Crippen LogP contribution in [0.2, 0.25) is 0 Å². The molecule has 0 aliphatic heterocycles. The molecule has 0 saturated carbocycles. The van der Waals surface area contributed by atoms with Crippen LogP contribution >= 0.6 is 0 Å². The standard InChI is InChI=1S/C15H18N2O2/c1-3-16-11-12-9-15(7-8-17-12)19-14-6-4-5-13(10-14)18-2/h4-10,16H,3,11H2,1-2H3. The lowest BCUT2D eigenvalue weighted by molar-refractivity contribution is 0.409. The van der Waals surface area contributed by atoms with Crippen molar-refractivity contribution in [3.8, 4) is 17.2 Å². The Morgan fingerprint density at radius 2 is 1.89 bits per heavy atom. The van der Waals surface area contributed by atoms with Crippen molar-refractivity contribution in [1.29, 1.82) is 0 Å². The van der Waals surface area contributed by atoms with Gasteiger partial charge in [0.05, 0.1) is 12.8 Å². The van der Waals surface area contributed by atoms with Crippen molar-refractivity contribution in [2.45, 2.75) is 13.5 Å². The second-order valence-electron chi connectivity index (χ2n) is 4.04. The number of hydrogen-bond acceptors (Lipinski definition) is 4. The molecule has 0 saturated heterocycles. The maximum Gasteiger partial charge on any atom is 0.131 e. The van der Waals surface area contributed by atoms with Gasteiger partial charge in [-0.2, -0.15) is 0 Å². The first-order valence-electron chi connectivity index (χ1n) is 6.29. The minimum atomic E-state index is 0.742. The molecule has 19 heavy (non-hydrogen) atoms. The summed E-state index contributed by atoms with van der Waals surface area (Å²) in [4.78, 5) is 4.29. The van der Waals surface area contributed by atoms with Gasteiger partial charge >= 0.3 is 0 Å². The zero-order valence-corrected chi connectivity index (χ0v) is 11.2. The van der Waals surface area contributed by atoms with Crippen LogP contribution in [-0.4, -0.2) is 18.6 Å². The van der Waals surface area contributed by atoms with Gasteiger partial charge in [0.25, 0.3) is 0 Å². The molecule has 2 rings (SSSR count). The number of nitrogens with zero attached hydrogens (tertiary/aromatic N) is 1. The van der Waals surface area contributed by atoms with Crippen LogP contribution in [0.15, 0.2) is 42.6 Å². The second kappa shape index (κ2) is 6.75. The van der Waals surface area contributed by atoms with Crippen LogP contribution < -0.4 is 14.8 Å². The van der Waals surface area contributed by atoms with Gasteiger partial charge in [-0.15, -0.1) is 0 Å². The van der Waals surface area contributed by atoms with Gasteiger partial charge < -0.3 is 14.8 Å². The summed E-state index contributed by atoms with van der Waals surface area (Å²) in [7, 11) is 1.64. The molecule has 0 radical (unpaired) electrons. The summed E-state index contributed by atoms with van der Waals surface area (Å²) in [5.41, 5.74) is 0.960. The van der Waals surface area contributed by atoms with Crippen molar-refractivity contribution >= 4 is 0 Å². The Labute approximate surface area is 113 Å². The summed E-state index contributed by atoms with van der Waals surface area (Å²) in [6.45, 7) is 3.73. The van der Waals surface area contributed by atoms with Crippen LogP contribution in [-0.2, 0) is 6.54 Å². The van der Waals surface area contributed by atoms with Gasteiger partial charge in [-0.1, -0.05) is 13.0 Å². The summed E-state index contributed by atoms with van der Waals surface area (Å²) in [5, 5.41) is 3.24. The third-order valence-corrected chi connectivity index (χ3v) is 2.62. The van der Waals surface area contributed by atoms with E-state index in [1.54, 1.807) is 13.3 Å². The number of pyridine rings is 1. The molecule has 0 aliphatic carbocycles. The third-order valence-electron chi connectivity index (χ3n) is 2.62. The quantitative estimate of drug-likeness (QED) is 0.865. The van der Waals surface area contributed by atoms with Gasteiger partial charge in [0.2, 0.25) is 0 Å². The normalized spacial score (nSPS) is 10.2. The fourth-order valence-corrected chi connectivity index (χ4v) is 1.67. The first-order chi connectivity index (χ1) is 9.31. The summed E-state index contributed by atoms with van der Waals surface area (Å²) in [5.74, 6) is 2.30. The van der Waals surface area contributed by atoms with E-state index in [0.717, 1.165) is 36.0 Å². The van der Waals surface area contributed by atoms with Crippen LogP contribution in [0.5, 0.6) is 17.2 Å². The van der Waals surface area contributed by atoms with Crippen molar-refractivity contribution in [2.75, 3.05) is 13.7 Å². The van der Waals surface area contributed by atoms with Crippen molar-refractivity contribution in [3.63, 3.8) is 0 Å². The van der Waals surface area contributed by atoms with Crippen LogP contribution in [0.4, 0.5) is 0 Å². The molecule has 1 aromatic carbocycles. The molecule has 1 aromatic heterocycles. The average Bonchev–Trinajstić information content (AvgIpc) is 2.46. The van der Waals surface area contributed by atoms with E-state index >= 15 is 0 Å². The number of aromatic nitrogens is 1. The molecule has 0 aliphatic rings. The number of methoxy groups -OCH3 is 1. The molecule has 4 heteroatoms. The van der Waals surface area contributed by atoms with E-state index in [9.17, 15) is 0 Å². The summed E-state index contributed by atoms with van der Waals surface area (Å²) < 4.78 is 11.0. The van der Waals surface area contributed by atoms with Crippen molar-refractivity contribution in [3.05, 3.63) is 48.3 Å². The van der Waals surface area contributed by atoms with E-state index in [1.807, 2.05) is 36.4 Å². The smallest absolute Gasteiger partial charge is 0.131 e. The van der Waals surface area contributed by atoms with Gasteiger partial charge in [0, 0.05) is 24.9 Å². The molecule has 0 fully saturated rings. The Hall–Kier alpha value is -2.07. The van der Waals surface area contributed by atoms with Crippen LogP contribution in [0.1, 0.15) is 12.6 Å². The van der Waals surface area contributed by atoms with Gasteiger partial charge in [0.1, 0.15) is 17.2 Å². The molecule has 2 aromatic rings. The van der Waals surface area contributed by atoms with E-state index in [-0.39, 0.29) is 0 Å². The predicted molar refractivity (Wildman–Crippen MR) is 74.7 cm³/mol. The van der Waals surface area contributed by atoms with Gasteiger partial charge in [0.15, 0.2) is 0 Å². The molecule has 0 unspecified atom stereocenters. The molecule has 0 bridgehead atoms. The highest BCUT2D eigenvalue weighted by Crippen LogP contribution is 2.25. The Bertz CT molecular complexity index is 529. The highest BCUT2D eigenvalue weighted by atomic mass is 16.5. The predicted octanol–water partition coefficient (Wildman–Crippen LogP) is 2.99. The minimum absolute atomic E-state index is 0.742. The number of ether oxygens (including phenoxy) is 2. The monoisotopic (exact) mass is 258 g/mol. The highest BCUT2D eigenvalue weighted by Gasteiger charge is 2.01. The Balaban J connectivity index is 2.09. The third kappa shape index (κ3) is 3.96. The first kappa shape index (κ1) is 13.4. The largest absolute Gasteiger partial charge is 0.497 e. The number of nitrogens with one attached hydrogen (secondary N) is 1. The maximum atomic E-state index is 5.79. The van der Waals surface area contributed by atoms with Crippen molar-refractivity contribution in [1.82, 2.24) is 10.3 Å². The lowest BCUT2D eigenvalue weighted by Crippen LogP contribution is -2.12. The van der Waals surface area contributed by atoms with E-state index in [2.05, 4.69) is 17.2 Å². The summed E-state index contributed by atoms with van der Waals surface area (Å²) in [6.07, 6.45) is 1.75. The highest BCUT2D eigenvalue weighted by molar-refractivity contribution is 5.36. The van der Waals surface area contributed by atoms with E-state index in [4.69, 9.17) is 9.47 Å². The lowest BCUT2D eigenvalue weighted by Gasteiger charge is -2.08. The maximum absolute atomic E-state index is 5.79. The molecule has 4 nitrogen and oxygen atoms in total. The number of hydrogen-bond donors (Lipinski definition) is 1. The number of benzene rings is 1. The second-order valence-corrected chi connectivity index (χ2v) is 4.04. The van der Waals surface area contributed by atoms with Gasteiger partial charge in [-0.05, 0) is 24.7 Å². The molecule has 0 atom stereocenters. The Morgan fingerprint density at radius 3 is 2.68 bits per heavy atom. The Morgan fingerprint density at radius 1 is 1.11 bits per heavy atom. The topological polar surface area (TPSA) is 43.4 Å². The van der Waals surface area contributed by atoms with Crippen molar-refractivity contribution < 1.29 is 9.47 Å². The summed E-state index contributed by atoms with van der Waals surface area (Å²) in [6, 6.07) is 11.3. The minimum Gasteiger partial charge on any atom is -0.497 e. The first-order valence-corrected chi connectivity index (χ1v) is 6.29. The zero-order valence-electron chi connectivity index (χ0n) is 11.2. The molecule has 1 N–H and O–H groups in total. The number of rotatable bonds is 6. The van der Waals surface area contributed by atoms with Gasteiger partial charge in [-0.25, -0.2) is 0 Å². The fourth-order valence-electron chi connectivity index (χ4n) is 1.67. The molecule has 0 amide bonds. The van der Waals surface area contributed by atoms with E-state index in [1.165, 1.54) is 0 Å². The molecule has 100 valence electrons. The van der Waals surface area contributed by atoms with Gasteiger partial charge in [-0.3, -0.25) is 4.98 Å². The van der Waals surface area contributed by atoms with E-state index in [0.29, 0.717) is 0 Å². The molecule has 0 spiro atoms. The SMILES string of the molecule is CCNCc1cc(Oc2cccc(OC)c2)ccn1. The van der Waals surface area contributed by atoms with Crippen LogP contribution in [0.25, 0.3) is 0 Å². The van der Waals surface area contributed by atoms with E-state index < -0.39 is 0 Å². The molecule has 1 heterocycles. The molecular weight excluding hydrogens is 240 g/mol. The van der Waals surface area contributed by atoms with Crippen LogP contribution in [0, 0.1) is 0 Å². The Kier molecular flexibility index (Phi) is 4.75. The van der Waals surface area contributed by atoms with Crippen LogP contribution in [0.3, 0.4) is 0 Å².